The van der Waals surface area contributed by atoms with E-state index in [1.54, 1.807) is 0 Å². The molecule has 1 heterocycles. The number of rotatable bonds is 5. The van der Waals surface area contributed by atoms with Crippen molar-refractivity contribution in [2.45, 2.75) is 46.6 Å². The Morgan fingerprint density at radius 2 is 1.95 bits per heavy atom. The van der Waals surface area contributed by atoms with Crippen LogP contribution in [0, 0.1) is 11.3 Å². The van der Waals surface area contributed by atoms with Gasteiger partial charge in [-0.15, -0.1) is 0 Å². The Hall–Kier alpha value is -0.860. The minimum atomic E-state index is 0.391. The van der Waals surface area contributed by atoms with Gasteiger partial charge in [0.1, 0.15) is 0 Å². The highest BCUT2D eigenvalue weighted by atomic mass is 15.2. The molecule has 1 aromatic carbocycles. The van der Waals surface area contributed by atoms with Crippen molar-refractivity contribution in [1.29, 1.82) is 0 Å². The Labute approximate surface area is 130 Å². The molecule has 118 valence electrons. The molecule has 2 heteroatoms. The molecule has 0 aromatic heterocycles. The number of benzene rings is 1. The van der Waals surface area contributed by atoms with Crippen molar-refractivity contribution in [3.63, 3.8) is 0 Å². The Morgan fingerprint density at radius 3 is 2.62 bits per heavy atom. The zero-order chi connectivity index (χ0) is 15.3. The van der Waals surface area contributed by atoms with Crippen LogP contribution in [-0.2, 0) is 6.42 Å². The average Bonchev–Trinajstić information content (AvgIpc) is 2.64. The van der Waals surface area contributed by atoms with Gasteiger partial charge in [-0.3, -0.25) is 0 Å². The predicted molar refractivity (Wildman–Crippen MR) is 91.6 cm³/mol. The molecule has 1 aromatic rings. The molecule has 0 amide bonds. The van der Waals surface area contributed by atoms with Gasteiger partial charge < -0.3 is 10.2 Å². The maximum Gasteiger partial charge on any atom is 0.0235 e. The van der Waals surface area contributed by atoms with Crippen molar-refractivity contribution in [1.82, 2.24) is 10.2 Å². The van der Waals surface area contributed by atoms with Crippen LogP contribution in [0.3, 0.4) is 0 Å². The van der Waals surface area contributed by atoms with Gasteiger partial charge in [-0.05, 0) is 42.8 Å². The SMILES string of the molecule is CC(C)C(C)(C)CN1CCCNC(Cc2ccccc2)C1. The molecule has 1 aliphatic heterocycles. The lowest BCUT2D eigenvalue weighted by Gasteiger charge is -2.36. The van der Waals surface area contributed by atoms with E-state index in [0.29, 0.717) is 11.5 Å². The third kappa shape index (κ3) is 5.12. The molecule has 1 fully saturated rings. The predicted octanol–water partition coefficient (Wildman–Crippen LogP) is 3.58. The van der Waals surface area contributed by atoms with E-state index in [4.69, 9.17) is 0 Å². The van der Waals surface area contributed by atoms with Crippen molar-refractivity contribution in [3.8, 4) is 0 Å². The normalized spacial score (nSPS) is 21.5. The van der Waals surface area contributed by atoms with Gasteiger partial charge in [0.2, 0.25) is 0 Å². The zero-order valence-corrected chi connectivity index (χ0v) is 14.2. The van der Waals surface area contributed by atoms with Crippen molar-refractivity contribution in [3.05, 3.63) is 35.9 Å². The first-order chi connectivity index (χ1) is 9.97. The van der Waals surface area contributed by atoms with Crippen LogP contribution < -0.4 is 5.32 Å². The fourth-order valence-electron chi connectivity index (χ4n) is 3.01. The van der Waals surface area contributed by atoms with Crippen molar-refractivity contribution < 1.29 is 0 Å². The van der Waals surface area contributed by atoms with E-state index in [1.807, 2.05) is 0 Å². The van der Waals surface area contributed by atoms with Crippen LogP contribution >= 0.6 is 0 Å². The highest BCUT2D eigenvalue weighted by Gasteiger charge is 2.27. The highest BCUT2D eigenvalue weighted by Crippen LogP contribution is 2.27. The summed E-state index contributed by atoms with van der Waals surface area (Å²) in [6.45, 7) is 14.3. The lowest BCUT2D eigenvalue weighted by atomic mass is 9.80. The smallest absolute Gasteiger partial charge is 0.0235 e. The van der Waals surface area contributed by atoms with Crippen LogP contribution in [0.25, 0.3) is 0 Å². The monoisotopic (exact) mass is 288 g/mol. The molecule has 21 heavy (non-hydrogen) atoms. The lowest BCUT2D eigenvalue weighted by molar-refractivity contribution is 0.132. The molecule has 0 bridgehead atoms. The molecule has 0 aliphatic carbocycles. The quantitative estimate of drug-likeness (QED) is 0.891. The largest absolute Gasteiger partial charge is 0.312 e. The minimum absolute atomic E-state index is 0.391. The summed E-state index contributed by atoms with van der Waals surface area (Å²) in [7, 11) is 0. The van der Waals surface area contributed by atoms with E-state index in [-0.39, 0.29) is 0 Å². The van der Waals surface area contributed by atoms with Gasteiger partial charge in [0, 0.05) is 19.1 Å². The van der Waals surface area contributed by atoms with Crippen molar-refractivity contribution >= 4 is 0 Å². The highest BCUT2D eigenvalue weighted by molar-refractivity contribution is 5.16. The first-order valence-electron chi connectivity index (χ1n) is 8.47. The molecular weight excluding hydrogens is 256 g/mol. The second-order valence-electron chi connectivity index (χ2n) is 7.57. The molecule has 0 radical (unpaired) electrons. The fraction of sp³-hybridized carbons (Fsp3) is 0.684. The minimum Gasteiger partial charge on any atom is -0.312 e. The Kier molecular flexibility index (Phi) is 5.83. The first-order valence-corrected chi connectivity index (χ1v) is 8.47. The molecule has 1 saturated heterocycles. The van der Waals surface area contributed by atoms with Gasteiger partial charge in [-0.1, -0.05) is 58.0 Å². The molecule has 0 spiro atoms. The second-order valence-corrected chi connectivity index (χ2v) is 7.57. The Bertz CT molecular complexity index is 411. The van der Waals surface area contributed by atoms with E-state index < -0.39 is 0 Å². The van der Waals surface area contributed by atoms with Crippen LogP contribution in [0.15, 0.2) is 30.3 Å². The van der Waals surface area contributed by atoms with Gasteiger partial charge in [-0.25, -0.2) is 0 Å². The van der Waals surface area contributed by atoms with Gasteiger partial charge in [0.15, 0.2) is 0 Å². The van der Waals surface area contributed by atoms with E-state index in [1.165, 1.54) is 31.6 Å². The van der Waals surface area contributed by atoms with E-state index in [9.17, 15) is 0 Å². The molecule has 1 unspecified atom stereocenters. The molecule has 1 aliphatic rings. The van der Waals surface area contributed by atoms with Crippen LogP contribution in [0.5, 0.6) is 0 Å². The Morgan fingerprint density at radius 1 is 1.24 bits per heavy atom. The summed E-state index contributed by atoms with van der Waals surface area (Å²) in [6, 6.07) is 11.5. The van der Waals surface area contributed by atoms with Crippen LogP contribution in [0.2, 0.25) is 0 Å². The standard InChI is InChI=1S/C19H32N2/c1-16(2)19(3,4)15-21-12-8-11-20-18(14-21)13-17-9-6-5-7-10-17/h5-7,9-10,16,18,20H,8,11-15H2,1-4H3. The summed E-state index contributed by atoms with van der Waals surface area (Å²) >= 11 is 0. The van der Waals surface area contributed by atoms with Gasteiger partial charge in [0.05, 0.1) is 0 Å². The summed E-state index contributed by atoms with van der Waals surface area (Å²) in [6.07, 6.45) is 2.40. The summed E-state index contributed by atoms with van der Waals surface area (Å²) in [5.74, 6) is 0.723. The molecule has 1 atom stereocenters. The lowest BCUT2D eigenvalue weighted by Crippen LogP contribution is -2.43. The first kappa shape index (κ1) is 16.5. The molecule has 2 nitrogen and oxygen atoms in total. The number of nitrogens with one attached hydrogen (secondary N) is 1. The fourth-order valence-corrected chi connectivity index (χ4v) is 3.01. The van der Waals surface area contributed by atoms with E-state index in [2.05, 4.69) is 68.2 Å². The summed E-state index contributed by atoms with van der Waals surface area (Å²) in [5, 5.41) is 3.73. The molecule has 2 rings (SSSR count). The number of hydrogen-bond donors (Lipinski definition) is 1. The van der Waals surface area contributed by atoms with Gasteiger partial charge >= 0.3 is 0 Å². The maximum absolute atomic E-state index is 3.73. The third-order valence-electron chi connectivity index (χ3n) is 5.08. The van der Waals surface area contributed by atoms with E-state index >= 15 is 0 Å². The maximum atomic E-state index is 3.73. The van der Waals surface area contributed by atoms with Crippen LogP contribution in [0.4, 0.5) is 0 Å². The van der Waals surface area contributed by atoms with Gasteiger partial charge in [0.25, 0.3) is 0 Å². The second kappa shape index (κ2) is 7.42. The van der Waals surface area contributed by atoms with E-state index in [0.717, 1.165) is 18.9 Å². The zero-order valence-electron chi connectivity index (χ0n) is 14.2. The third-order valence-corrected chi connectivity index (χ3v) is 5.08. The van der Waals surface area contributed by atoms with Gasteiger partial charge in [-0.2, -0.15) is 0 Å². The van der Waals surface area contributed by atoms with Crippen LogP contribution in [-0.4, -0.2) is 37.1 Å². The number of hydrogen-bond acceptors (Lipinski definition) is 2. The van der Waals surface area contributed by atoms with Crippen LogP contribution in [0.1, 0.15) is 39.7 Å². The summed E-state index contributed by atoms with van der Waals surface area (Å²) in [5.41, 5.74) is 1.83. The average molecular weight is 288 g/mol. The summed E-state index contributed by atoms with van der Waals surface area (Å²) in [4.78, 5) is 2.67. The molecule has 0 saturated carbocycles. The summed E-state index contributed by atoms with van der Waals surface area (Å²) < 4.78 is 0. The van der Waals surface area contributed by atoms with Crippen molar-refractivity contribution in [2.75, 3.05) is 26.2 Å². The Balaban J connectivity index is 1.95. The number of nitrogens with zero attached hydrogens (tertiary/aromatic N) is 1. The van der Waals surface area contributed by atoms with Crippen molar-refractivity contribution in [2.24, 2.45) is 11.3 Å². The molecular formula is C19H32N2. The topological polar surface area (TPSA) is 15.3 Å². The molecule has 1 N–H and O–H groups in total.